The Balaban J connectivity index is 0.958. The molecule has 3 aliphatic rings. The van der Waals surface area contributed by atoms with Crippen LogP contribution >= 0.6 is 19.6 Å². The minimum atomic E-state index is -4.87. The fraction of sp³-hybridized carbons (Fsp3) is 0.667. The Kier molecular flexibility index (Phi) is 10.2. The summed E-state index contributed by atoms with van der Waals surface area (Å²) in [4.78, 5) is 57.6. The van der Waals surface area contributed by atoms with Crippen LogP contribution in [0.1, 0.15) is 44.8 Å². The first-order valence-electron chi connectivity index (χ1n) is 14.1. The Morgan fingerprint density at radius 2 is 2.00 bits per heavy atom. The first-order chi connectivity index (χ1) is 21.0. The number of nitrogens with zero attached hydrogens (tertiary/aromatic N) is 4. The minimum absolute atomic E-state index is 0.107. The van der Waals surface area contributed by atoms with Gasteiger partial charge in [0.05, 0.1) is 25.0 Å². The lowest BCUT2D eigenvalue weighted by molar-refractivity contribution is -0.136. The average molecular weight is 659 g/mol. The molecule has 2 aromatic rings. The molecule has 18 nitrogen and oxygen atoms in total. The number of amides is 3. The fourth-order valence-corrected chi connectivity index (χ4v) is 7.62. The van der Waals surface area contributed by atoms with Gasteiger partial charge in [-0.3, -0.25) is 23.6 Å². The van der Waals surface area contributed by atoms with E-state index >= 15 is 0 Å². The lowest BCUT2D eigenvalue weighted by Gasteiger charge is -2.17. The van der Waals surface area contributed by atoms with Crippen LogP contribution < -0.4 is 21.7 Å². The highest BCUT2D eigenvalue weighted by atomic mass is 32.2. The maximum Gasteiger partial charge on any atom is 0.529 e. The van der Waals surface area contributed by atoms with E-state index in [0.717, 1.165) is 18.6 Å². The molecule has 0 aliphatic carbocycles. The zero-order valence-corrected chi connectivity index (χ0v) is 25.2. The van der Waals surface area contributed by atoms with Gasteiger partial charge in [-0.15, -0.1) is 0 Å². The number of aliphatic hydroxyl groups excluding tert-OH is 2. The number of imidazole rings is 1. The SMILES string of the molecule is Nc1ncnc2c1ncn2[C@@H]1O[C@H](COP(=O)(O)OC(=O)CCCNC(=O)CCCC[C@@H]2SC[C@@H]3NC(=O)N[C@@H]32)C(O)C1O. The third kappa shape index (κ3) is 7.59. The highest BCUT2D eigenvalue weighted by Crippen LogP contribution is 2.45. The lowest BCUT2D eigenvalue weighted by atomic mass is 10.0. The van der Waals surface area contributed by atoms with E-state index in [2.05, 4.69) is 35.4 Å². The van der Waals surface area contributed by atoms with Crippen molar-refractivity contribution < 1.29 is 47.8 Å². The number of urea groups is 1. The Labute approximate surface area is 255 Å². The summed E-state index contributed by atoms with van der Waals surface area (Å²) in [7, 11) is -4.87. The van der Waals surface area contributed by atoms with Gasteiger partial charge in [-0.05, 0) is 19.3 Å². The molecule has 0 saturated carbocycles. The number of anilines is 1. The largest absolute Gasteiger partial charge is 0.529 e. The van der Waals surface area contributed by atoms with Gasteiger partial charge in [0.1, 0.15) is 30.2 Å². The molecule has 5 heterocycles. The van der Waals surface area contributed by atoms with Crippen molar-refractivity contribution >= 4 is 54.5 Å². The number of fused-ring (bicyclic) bond motifs is 2. The van der Waals surface area contributed by atoms with Crippen LogP contribution in [0, 0.1) is 0 Å². The zero-order chi connectivity index (χ0) is 31.4. The van der Waals surface area contributed by atoms with Gasteiger partial charge in [0.2, 0.25) is 5.91 Å². The van der Waals surface area contributed by atoms with Crippen molar-refractivity contribution in [1.82, 2.24) is 35.5 Å². The van der Waals surface area contributed by atoms with Crippen molar-refractivity contribution in [2.24, 2.45) is 0 Å². The summed E-state index contributed by atoms with van der Waals surface area (Å²) in [5, 5.41) is 29.8. The van der Waals surface area contributed by atoms with E-state index in [1.54, 1.807) is 0 Å². The molecule has 3 fully saturated rings. The summed E-state index contributed by atoms with van der Waals surface area (Å²) in [6.45, 7) is -0.507. The van der Waals surface area contributed by atoms with Gasteiger partial charge < -0.3 is 41.2 Å². The molecule has 20 heteroatoms. The second-order valence-corrected chi connectivity index (χ2v) is 13.3. The molecule has 2 aromatic heterocycles. The van der Waals surface area contributed by atoms with Crippen molar-refractivity contribution in [2.45, 2.75) is 80.4 Å². The van der Waals surface area contributed by atoms with E-state index in [1.165, 1.54) is 17.2 Å². The summed E-state index contributed by atoms with van der Waals surface area (Å²) < 4.78 is 28.7. The number of phosphoric ester groups is 1. The predicted octanol–water partition coefficient (Wildman–Crippen LogP) is -0.690. The minimum Gasteiger partial charge on any atom is -0.387 e. The standard InChI is InChI=1S/C24H35N8O10PS/c25-21-18-22(28-10-27-21)32(11-29-18)23-20(36)19(35)13(41-23)8-40-43(38,39)42-16(34)6-3-7-26-15(33)5-2-1-4-14-17-12(9-44-14)30-24(37)31-17/h10-14,17,19-20,23,35-36H,1-9H2,(H,26,33)(H,38,39)(H2,25,27,28)(H2,30,31,37)/t12-,13+,14-,17-,19?,20?,23+/m0/s1. The van der Waals surface area contributed by atoms with Gasteiger partial charge in [0.15, 0.2) is 17.7 Å². The number of phosphoric acid groups is 1. The van der Waals surface area contributed by atoms with Crippen LogP contribution in [0.5, 0.6) is 0 Å². The number of hydrogen-bond acceptors (Lipinski definition) is 14. The first kappa shape index (κ1) is 32.3. The van der Waals surface area contributed by atoms with Crippen molar-refractivity contribution in [3.05, 3.63) is 12.7 Å². The molecule has 242 valence electrons. The maximum atomic E-state index is 12.3. The Morgan fingerprint density at radius 3 is 2.82 bits per heavy atom. The molecule has 0 spiro atoms. The summed E-state index contributed by atoms with van der Waals surface area (Å²) in [5.41, 5.74) is 6.27. The second kappa shape index (κ2) is 13.9. The summed E-state index contributed by atoms with van der Waals surface area (Å²) in [6, 6.07) is 0.176. The highest BCUT2D eigenvalue weighted by Gasteiger charge is 2.46. The maximum absolute atomic E-state index is 12.3. The van der Waals surface area contributed by atoms with Crippen LogP contribution in [0.2, 0.25) is 0 Å². The van der Waals surface area contributed by atoms with Crippen molar-refractivity contribution in [3.63, 3.8) is 0 Å². The quantitative estimate of drug-likeness (QED) is 0.0753. The van der Waals surface area contributed by atoms with Crippen LogP contribution in [0.3, 0.4) is 0 Å². The monoisotopic (exact) mass is 658 g/mol. The number of rotatable bonds is 14. The molecular weight excluding hydrogens is 623 g/mol. The number of nitrogens with two attached hydrogens (primary N) is 1. The number of hydrogen-bond donors (Lipinski definition) is 7. The number of ether oxygens (including phenoxy) is 1. The number of carbonyl (C=O) groups is 3. The van der Waals surface area contributed by atoms with E-state index in [9.17, 15) is 34.1 Å². The van der Waals surface area contributed by atoms with Gasteiger partial charge >= 0.3 is 19.8 Å². The average Bonchev–Trinajstić information content (AvgIpc) is 3.72. The molecule has 0 radical (unpaired) electrons. The Morgan fingerprint density at radius 1 is 1.18 bits per heavy atom. The number of carbonyl (C=O) groups excluding carboxylic acids is 3. The first-order valence-corrected chi connectivity index (χ1v) is 16.7. The topological polar surface area (TPSA) is 262 Å². The molecule has 8 atom stereocenters. The van der Waals surface area contributed by atoms with E-state index < -0.39 is 44.9 Å². The third-order valence-electron chi connectivity index (χ3n) is 7.58. The van der Waals surface area contributed by atoms with Crippen LogP contribution in [-0.4, -0.2) is 107 Å². The molecule has 3 aliphatic heterocycles. The Hall–Kier alpha value is -3.06. The van der Waals surface area contributed by atoms with Crippen LogP contribution in [0.4, 0.5) is 10.6 Å². The predicted molar refractivity (Wildman–Crippen MR) is 154 cm³/mol. The molecule has 0 bridgehead atoms. The van der Waals surface area contributed by atoms with Crippen LogP contribution in [0.25, 0.3) is 11.2 Å². The summed E-state index contributed by atoms with van der Waals surface area (Å²) in [5.74, 6) is -0.193. The highest BCUT2D eigenvalue weighted by molar-refractivity contribution is 8.00. The van der Waals surface area contributed by atoms with Gasteiger partial charge in [-0.1, -0.05) is 6.42 Å². The van der Waals surface area contributed by atoms with E-state index in [4.69, 9.17) is 15.0 Å². The molecule has 0 aromatic carbocycles. The summed E-state index contributed by atoms with van der Waals surface area (Å²) >= 11 is 1.82. The van der Waals surface area contributed by atoms with Crippen LogP contribution in [-0.2, 0) is 27.9 Å². The normalized spacial score (nSPS) is 29.2. The lowest BCUT2D eigenvalue weighted by Crippen LogP contribution is -2.36. The van der Waals surface area contributed by atoms with Crippen molar-refractivity contribution in [1.29, 1.82) is 0 Å². The number of nitrogens with one attached hydrogen (secondary N) is 3. The third-order valence-corrected chi connectivity index (χ3v) is 10.00. The zero-order valence-electron chi connectivity index (χ0n) is 23.5. The Bertz CT molecular complexity index is 1420. The fourth-order valence-electron chi connectivity index (χ4n) is 5.34. The number of nitrogen functional groups attached to an aromatic ring is 1. The van der Waals surface area contributed by atoms with Gasteiger partial charge in [-0.2, -0.15) is 11.8 Å². The van der Waals surface area contributed by atoms with E-state index in [0.29, 0.717) is 18.1 Å². The molecule has 3 unspecified atom stereocenters. The van der Waals surface area contributed by atoms with Crippen LogP contribution in [0.15, 0.2) is 12.7 Å². The van der Waals surface area contributed by atoms with Gasteiger partial charge in [-0.25, -0.2) is 24.3 Å². The molecule has 44 heavy (non-hydrogen) atoms. The number of aliphatic hydroxyl groups is 2. The molecular formula is C24H35N8O10PS. The van der Waals surface area contributed by atoms with Crippen molar-refractivity contribution in [2.75, 3.05) is 24.6 Å². The van der Waals surface area contributed by atoms with E-state index in [1.807, 2.05) is 11.8 Å². The number of unbranched alkanes of at least 4 members (excludes halogenated alkanes) is 1. The van der Waals surface area contributed by atoms with Gasteiger partial charge in [0.25, 0.3) is 0 Å². The number of aromatic nitrogens is 4. The second-order valence-electron chi connectivity index (χ2n) is 10.7. The molecule has 5 rings (SSSR count). The van der Waals surface area contributed by atoms with E-state index in [-0.39, 0.29) is 60.4 Å². The number of thioether (sulfide) groups is 1. The van der Waals surface area contributed by atoms with Gasteiger partial charge in [0, 0.05) is 30.4 Å². The molecule has 8 N–H and O–H groups in total. The molecule has 3 saturated heterocycles. The smallest absolute Gasteiger partial charge is 0.387 e. The summed E-state index contributed by atoms with van der Waals surface area (Å²) in [6.07, 6.45) is -0.246. The molecule has 3 amide bonds. The van der Waals surface area contributed by atoms with Crippen molar-refractivity contribution in [3.8, 4) is 0 Å².